The number of hydrogen-bond donors (Lipinski definition) is 0. The van der Waals surface area contributed by atoms with Gasteiger partial charge in [0.2, 0.25) is 0 Å². The van der Waals surface area contributed by atoms with Crippen LogP contribution in [0.1, 0.15) is 29.9 Å². The van der Waals surface area contributed by atoms with Crippen molar-refractivity contribution in [1.82, 2.24) is 24.0 Å². The van der Waals surface area contributed by atoms with Gasteiger partial charge in [-0.05, 0) is 49.2 Å². The zero-order chi connectivity index (χ0) is 24.9. The topological polar surface area (TPSA) is 59.2 Å². The number of fused-ring (bicyclic) bond motifs is 1. The highest BCUT2D eigenvalue weighted by atomic mass is 19.1. The molecule has 2 aromatic heterocycles. The highest BCUT2D eigenvalue weighted by Crippen LogP contribution is 2.33. The summed E-state index contributed by atoms with van der Waals surface area (Å²) in [5, 5.41) is 0. The molecule has 1 atom stereocenters. The van der Waals surface area contributed by atoms with Crippen LogP contribution in [0.25, 0.3) is 11.2 Å². The first-order valence-corrected chi connectivity index (χ1v) is 11.7. The molecular formula is C26H28F2N6O. The fourth-order valence-electron chi connectivity index (χ4n) is 5.08. The molecule has 182 valence electrons. The summed E-state index contributed by atoms with van der Waals surface area (Å²) in [5.41, 5.74) is 3.01. The van der Waals surface area contributed by atoms with Crippen molar-refractivity contribution in [2.45, 2.75) is 25.9 Å². The number of rotatable bonds is 4. The third-order valence-corrected chi connectivity index (χ3v) is 6.97. The molecule has 0 amide bonds. The predicted octanol–water partition coefficient (Wildman–Crippen LogP) is 3.55. The van der Waals surface area contributed by atoms with E-state index in [1.54, 1.807) is 31.3 Å². The average molecular weight is 479 g/mol. The molecular weight excluding hydrogens is 450 g/mol. The monoisotopic (exact) mass is 478 g/mol. The minimum atomic E-state index is -0.319. The summed E-state index contributed by atoms with van der Waals surface area (Å²) in [5.74, 6) is 0.815. The van der Waals surface area contributed by atoms with Crippen molar-refractivity contribution < 1.29 is 8.78 Å². The maximum atomic E-state index is 13.7. The first-order chi connectivity index (χ1) is 16.7. The molecule has 1 fully saturated rings. The number of imidazole rings is 1. The van der Waals surface area contributed by atoms with E-state index in [0.717, 1.165) is 22.6 Å². The number of aryl methyl sites for hydroxylation is 3. The largest absolute Gasteiger partial charge is 0.350 e. The SMILES string of the molecule is Cc1nc2c(N3CCN(C(c4ccc(F)cc4)c4ccc(F)cc4)CC3C)nc(=O)n(C)c2n1C. The number of anilines is 1. The standard InChI is InChI=1S/C26H28F2N6O/c1-16-15-33(23(18-5-9-20(27)10-6-18)19-7-11-21(28)12-8-19)13-14-34(16)24-22-25(31(3)17(2)29-22)32(4)26(35)30-24/h5-12,16,23H,13-15H2,1-4H3. The summed E-state index contributed by atoms with van der Waals surface area (Å²) >= 11 is 0. The molecule has 1 aliphatic heterocycles. The Morgan fingerprint density at radius 2 is 1.46 bits per heavy atom. The lowest BCUT2D eigenvalue weighted by atomic mass is 9.95. The number of benzene rings is 2. The molecule has 0 bridgehead atoms. The lowest BCUT2D eigenvalue weighted by Crippen LogP contribution is -2.53. The lowest BCUT2D eigenvalue weighted by molar-refractivity contribution is 0.187. The normalized spacial score (nSPS) is 17.0. The molecule has 2 aromatic carbocycles. The van der Waals surface area contributed by atoms with Gasteiger partial charge in [-0.1, -0.05) is 24.3 Å². The Morgan fingerprint density at radius 3 is 2.00 bits per heavy atom. The van der Waals surface area contributed by atoms with E-state index in [1.165, 1.54) is 28.8 Å². The van der Waals surface area contributed by atoms with E-state index in [4.69, 9.17) is 4.98 Å². The summed E-state index contributed by atoms with van der Waals surface area (Å²) in [6, 6.07) is 12.8. The molecule has 0 spiro atoms. The maximum absolute atomic E-state index is 13.7. The van der Waals surface area contributed by atoms with Gasteiger partial charge in [0, 0.05) is 39.8 Å². The Bertz CT molecular complexity index is 1380. The molecule has 0 aliphatic carbocycles. The van der Waals surface area contributed by atoms with Crippen molar-refractivity contribution >= 4 is 17.0 Å². The Labute approximate surface area is 202 Å². The molecule has 35 heavy (non-hydrogen) atoms. The summed E-state index contributed by atoms with van der Waals surface area (Å²) in [4.78, 5) is 26.2. The van der Waals surface area contributed by atoms with Crippen molar-refractivity contribution in [3.63, 3.8) is 0 Å². The molecule has 0 radical (unpaired) electrons. The lowest BCUT2D eigenvalue weighted by Gasteiger charge is -2.44. The highest BCUT2D eigenvalue weighted by Gasteiger charge is 2.33. The van der Waals surface area contributed by atoms with E-state index < -0.39 is 0 Å². The van der Waals surface area contributed by atoms with E-state index in [-0.39, 0.29) is 29.4 Å². The van der Waals surface area contributed by atoms with Gasteiger partial charge in [0.25, 0.3) is 0 Å². The molecule has 1 unspecified atom stereocenters. The minimum Gasteiger partial charge on any atom is -0.349 e. The number of piperazine rings is 1. The number of aromatic nitrogens is 4. The van der Waals surface area contributed by atoms with Gasteiger partial charge in [0.05, 0.1) is 6.04 Å². The predicted molar refractivity (Wildman–Crippen MR) is 132 cm³/mol. The molecule has 0 saturated carbocycles. The quantitative estimate of drug-likeness (QED) is 0.449. The van der Waals surface area contributed by atoms with E-state index in [2.05, 4.69) is 21.7 Å². The minimum absolute atomic E-state index is 0.0252. The third kappa shape index (κ3) is 4.10. The van der Waals surface area contributed by atoms with Crippen LogP contribution in [0.4, 0.5) is 14.6 Å². The molecule has 1 aliphatic rings. The molecule has 9 heteroatoms. The first kappa shape index (κ1) is 23.2. The molecule has 1 saturated heterocycles. The van der Waals surface area contributed by atoms with Crippen molar-refractivity contribution in [2.24, 2.45) is 14.1 Å². The fourth-order valence-corrected chi connectivity index (χ4v) is 5.08. The van der Waals surface area contributed by atoms with Crippen molar-refractivity contribution in [1.29, 1.82) is 0 Å². The van der Waals surface area contributed by atoms with Gasteiger partial charge in [-0.15, -0.1) is 0 Å². The zero-order valence-corrected chi connectivity index (χ0v) is 20.2. The van der Waals surface area contributed by atoms with Crippen LogP contribution in [-0.2, 0) is 14.1 Å². The second kappa shape index (κ2) is 8.88. The van der Waals surface area contributed by atoms with Gasteiger partial charge in [0.15, 0.2) is 5.82 Å². The van der Waals surface area contributed by atoms with Gasteiger partial charge in [0.1, 0.15) is 28.6 Å². The Morgan fingerprint density at radius 1 is 0.886 bits per heavy atom. The van der Waals surface area contributed by atoms with Gasteiger partial charge >= 0.3 is 5.69 Å². The average Bonchev–Trinajstić information content (AvgIpc) is 3.14. The molecule has 7 nitrogen and oxygen atoms in total. The van der Waals surface area contributed by atoms with Crippen LogP contribution in [0.3, 0.4) is 0 Å². The van der Waals surface area contributed by atoms with E-state index in [1.807, 2.05) is 18.5 Å². The Balaban J connectivity index is 1.50. The van der Waals surface area contributed by atoms with Crippen molar-refractivity contribution in [3.8, 4) is 0 Å². The number of halogens is 2. The molecule has 3 heterocycles. The highest BCUT2D eigenvalue weighted by molar-refractivity contribution is 5.84. The third-order valence-electron chi connectivity index (χ3n) is 6.97. The van der Waals surface area contributed by atoms with Crippen LogP contribution >= 0.6 is 0 Å². The van der Waals surface area contributed by atoms with Crippen LogP contribution in [0.2, 0.25) is 0 Å². The summed E-state index contributed by atoms with van der Waals surface area (Å²) in [6.45, 7) is 5.98. The molecule has 0 N–H and O–H groups in total. The smallest absolute Gasteiger partial charge is 0.349 e. The van der Waals surface area contributed by atoms with E-state index in [0.29, 0.717) is 31.0 Å². The van der Waals surface area contributed by atoms with Crippen LogP contribution in [0.5, 0.6) is 0 Å². The molecule has 5 rings (SSSR count). The van der Waals surface area contributed by atoms with Gasteiger partial charge in [-0.3, -0.25) is 9.47 Å². The first-order valence-electron chi connectivity index (χ1n) is 11.7. The second-order valence-corrected chi connectivity index (χ2v) is 9.21. The zero-order valence-electron chi connectivity index (χ0n) is 20.2. The van der Waals surface area contributed by atoms with Gasteiger partial charge in [-0.2, -0.15) is 4.98 Å². The Kier molecular flexibility index (Phi) is 5.88. The summed E-state index contributed by atoms with van der Waals surface area (Å²) in [7, 11) is 3.60. The number of hydrogen-bond acceptors (Lipinski definition) is 5. The fraction of sp³-hybridized carbons (Fsp3) is 0.346. The van der Waals surface area contributed by atoms with E-state index >= 15 is 0 Å². The van der Waals surface area contributed by atoms with Crippen LogP contribution < -0.4 is 10.6 Å². The Hall–Kier alpha value is -3.59. The summed E-state index contributed by atoms with van der Waals surface area (Å²) in [6.07, 6.45) is 0. The van der Waals surface area contributed by atoms with Gasteiger partial charge < -0.3 is 9.47 Å². The van der Waals surface area contributed by atoms with Crippen LogP contribution in [-0.4, -0.2) is 49.7 Å². The second-order valence-electron chi connectivity index (χ2n) is 9.21. The molecule has 4 aromatic rings. The van der Waals surface area contributed by atoms with Crippen molar-refractivity contribution in [3.05, 3.63) is 87.6 Å². The van der Waals surface area contributed by atoms with Crippen LogP contribution in [0.15, 0.2) is 53.3 Å². The number of nitrogens with zero attached hydrogens (tertiary/aromatic N) is 6. The van der Waals surface area contributed by atoms with Crippen molar-refractivity contribution in [2.75, 3.05) is 24.5 Å². The maximum Gasteiger partial charge on any atom is 0.350 e. The van der Waals surface area contributed by atoms with Crippen LogP contribution in [0, 0.1) is 18.6 Å². The van der Waals surface area contributed by atoms with Gasteiger partial charge in [-0.25, -0.2) is 18.6 Å². The van der Waals surface area contributed by atoms with E-state index in [9.17, 15) is 13.6 Å². The summed E-state index contributed by atoms with van der Waals surface area (Å²) < 4.78 is 30.7.